The van der Waals surface area contributed by atoms with E-state index < -0.39 is 0 Å². The Balaban J connectivity index is 1.60. The van der Waals surface area contributed by atoms with Crippen molar-refractivity contribution in [3.63, 3.8) is 0 Å². The molecule has 1 N–H and O–H groups in total. The SMILES string of the molecule is CC1C=C(c2ccc(-c3cc(-c4ccccc4)n[nH]3)cc2)C=CC1. The third kappa shape index (κ3) is 2.95. The van der Waals surface area contributed by atoms with Crippen LogP contribution < -0.4 is 0 Å². The second-order valence-electron chi connectivity index (χ2n) is 6.35. The Morgan fingerprint density at radius 3 is 2.42 bits per heavy atom. The summed E-state index contributed by atoms with van der Waals surface area (Å²) in [4.78, 5) is 0. The zero-order valence-corrected chi connectivity index (χ0v) is 13.7. The molecule has 1 aliphatic carbocycles. The van der Waals surface area contributed by atoms with Gasteiger partial charge in [-0.15, -0.1) is 0 Å². The number of nitrogens with one attached hydrogen (secondary N) is 1. The molecule has 2 nitrogen and oxygen atoms in total. The maximum absolute atomic E-state index is 4.44. The molecule has 2 aromatic carbocycles. The van der Waals surface area contributed by atoms with Gasteiger partial charge < -0.3 is 0 Å². The van der Waals surface area contributed by atoms with Crippen LogP contribution in [0.2, 0.25) is 0 Å². The van der Waals surface area contributed by atoms with Crippen LogP contribution in [0, 0.1) is 5.92 Å². The van der Waals surface area contributed by atoms with Gasteiger partial charge in [0.2, 0.25) is 0 Å². The second-order valence-corrected chi connectivity index (χ2v) is 6.35. The lowest BCUT2D eigenvalue weighted by Crippen LogP contribution is -1.94. The van der Waals surface area contributed by atoms with Gasteiger partial charge in [0.15, 0.2) is 0 Å². The topological polar surface area (TPSA) is 28.7 Å². The fraction of sp³-hybridized carbons (Fsp3) is 0.136. The number of hydrogen-bond acceptors (Lipinski definition) is 1. The average Bonchev–Trinajstić information content (AvgIpc) is 3.13. The molecule has 3 aromatic rings. The van der Waals surface area contributed by atoms with Crippen molar-refractivity contribution in [2.24, 2.45) is 5.92 Å². The highest BCUT2D eigenvalue weighted by Gasteiger charge is 2.08. The molecule has 2 heteroatoms. The molecule has 0 amide bonds. The molecule has 0 saturated heterocycles. The van der Waals surface area contributed by atoms with Gasteiger partial charge in [-0.05, 0) is 35.1 Å². The molecule has 24 heavy (non-hydrogen) atoms. The van der Waals surface area contributed by atoms with Crippen LogP contribution in [0.1, 0.15) is 18.9 Å². The summed E-state index contributed by atoms with van der Waals surface area (Å²) in [6, 6.07) is 21.0. The molecule has 1 aromatic heterocycles. The van der Waals surface area contributed by atoms with Gasteiger partial charge in [-0.25, -0.2) is 0 Å². The van der Waals surface area contributed by atoms with Gasteiger partial charge in [-0.1, -0.05) is 79.7 Å². The summed E-state index contributed by atoms with van der Waals surface area (Å²) in [7, 11) is 0. The Hall–Kier alpha value is -2.87. The van der Waals surface area contributed by atoms with Crippen molar-refractivity contribution >= 4 is 5.57 Å². The molecule has 118 valence electrons. The molecule has 0 spiro atoms. The lowest BCUT2D eigenvalue weighted by Gasteiger charge is -2.12. The van der Waals surface area contributed by atoms with Gasteiger partial charge in [0, 0.05) is 5.56 Å². The lowest BCUT2D eigenvalue weighted by molar-refractivity contribution is 0.740. The molecule has 0 aliphatic heterocycles. The summed E-state index contributed by atoms with van der Waals surface area (Å²) in [6.45, 7) is 2.26. The molecule has 0 saturated carbocycles. The quantitative estimate of drug-likeness (QED) is 0.658. The Morgan fingerprint density at radius 2 is 1.67 bits per heavy atom. The number of aromatic amines is 1. The van der Waals surface area contributed by atoms with E-state index in [1.54, 1.807) is 0 Å². The number of H-pyrrole nitrogens is 1. The van der Waals surface area contributed by atoms with Gasteiger partial charge in [-0.3, -0.25) is 5.10 Å². The molecule has 1 unspecified atom stereocenters. The Kier molecular flexibility index (Phi) is 3.87. The van der Waals surface area contributed by atoms with E-state index >= 15 is 0 Å². The summed E-state index contributed by atoms with van der Waals surface area (Å²) >= 11 is 0. The predicted molar refractivity (Wildman–Crippen MR) is 100 cm³/mol. The third-order valence-electron chi connectivity index (χ3n) is 4.45. The Morgan fingerprint density at radius 1 is 0.917 bits per heavy atom. The van der Waals surface area contributed by atoms with E-state index in [0.717, 1.165) is 28.9 Å². The monoisotopic (exact) mass is 312 g/mol. The van der Waals surface area contributed by atoms with E-state index in [-0.39, 0.29) is 0 Å². The molecule has 0 fully saturated rings. The van der Waals surface area contributed by atoms with E-state index in [1.807, 2.05) is 18.2 Å². The number of aromatic nitrogens is 2. The number of benzene rings is 2. The van der Waals surface area contributed by atoms with Crippen molar-refractivity contribution in [2.75, 3.05) is 0 Å². The van der Waals surface area contributed by atoms with Crippen molar-refractivity contribution in [2.45, 2.75) is 13.3 Å². The van der Waals surface area contributed by atoms with Gasteiger partial charge in [0.25, 0.3) is 0 Å². The van der Waals surface area contributed by atoms with Crippen LogP contribution in [0.5, 0.6) is 0 Å². The van der Waals surface area contributed by atoms with Crippen LogP contribution in [0.25, 0.3) is 28.1 Å². The smallest absolute Gasteiger partial charge is 0.0927 e. The van der Waals surface area contributed by atoms with E-state index in [4.69, 9.17) is 0 Å². The van der Waals surface area contributed by atoms with Crippen LogP contribution in [-0.4, -0.2) is 10.2 Å². The maximum atomic E-state index is 4.44. The number of allylic oxidation sites excluding steroid dienone is 4. The first-order valence-electron chi connectivity index (χ1n) is 8.39. The molecule has 1 aliphatic rings. The third-order valence-corrected chi connectivity index (χ3v) is 4.45. The number of hydrogen-bond donors (Lipinski definition) is 1. The van der Waals surface area contributed by atoms with E-state index in [0.29, 0.717) is 5.92 Å². The molecule has 1 atom stereocenters. The van der Waals surface area contributed by atoms with Gasteiger partial charge in [0.05, 0.1) is 11.4 Å². The highest BCUT2D eigenvalue weighted by molar-refractivity contribution is 5.77. The van der Waals surface area contributed by atoms with Gasteiger partial charge in [0.1, 0.15) is 0 Å². The van der Waals surface area contributed by atoms with Crippen molar-refractivity contribution in [3.05, 3.63) is 84.5 Å². The Bertz CT molecular complexity index is 883. The van der Waals surface area contributed by atoms with E-state index in [9.17, 15) is 0 Å². The summed E-state index contributed by atoms with van der Waals surface area (Å²) in [6.07, 6.45) is 7.96. The fourth-order valence-corrected chi connectivity index (χ4v) is 3.10. The minimum absolute atomic E-state index is 0.616. The summed E-state index contributed by atoms with van der Waals surface area (Å²) in [5.74, 6) is 0.616. The van der Waals surface area contributed by atoms with Crippen LogP contribution in [-0.2, 0) is 0 Å². The minimum Gasteiger partial charge on any atom is -0.277 e. The van der Waals surface area contributed by atoms with Crippen LogP contribution in [0.4, 0.5) is 0 Å². The second kappa shape index (κ2) is 6.32. The highest BCUT2D eigenvalue weighted by atomic mass is 15.1. The number of rotatable bonds is 3. The molecule has 0 bridgehead atoms. The van der Waals surface area contributed by atoms with Crippen molar-refractivity contribution in [1.82, 2.24) is 10.2 Å². The number of nitrogens with zero attached hydrogens (tertiary/aromatic N) is 1. The predicted octanol–water partition coefficient (Wildman–Crippen LogP) is 5.72. The first kappa shape index (κ1) is 14.7. The fourth-order valence-electron chi connectivity index (χ4n) is 3.10. The Labute approximate surface area is 142 Å². The van der Waals surface area contributed by atoms with Crippen LogP contribution in [0.15, 0.2) is 78.9 Å². The highest BCUT2D eigenvalue weighted by Crippen LogP contribution is 2.28. The normalized spacial score (nSPS) is 16.9. The van der Waals surface area contributed by atoms with E-state index in [2.05, 4.69) is 77.8 Å². The molecular formula is C22H20N2. The average molecular weight is 312 g/mol. The summed E-state index contributed by atoms with van der Waals surface area (Å²) in [5, 5.41) is 7.59. The standard InChI is InChI=1S/C22H20N2/c1-16-6-5-9-20(14-16)17-10-12-19(13-11-17)22-15-21(23-24-22)18-7-3-2-4-8-18/h2-5,7-16H,6H2,1H3,(H,23,24). The van der Waals surface area contributed by atoms with Crippen LogP contribution in [0.3, 0.4) is 0 Å². The first-order chi connectivity index (χ1) is 11.8. The van der Waals surface area contributed by atoms with Crippen molar-refractivity contribution < 1.29 is 0 Å². The zero-order chi connectivity index (χ0) is 16.4. The lowest BCUT2D eigenvalue weighted by atomic mass is 9.93. The van der Waals surface area contributed by atoms with Crippen molar-refractivity contribution in [3.8, 4) is 22.5 Å². The van der Waals surface area contributed by atoms with Gasteiger partial charge >= 0.3 is 0 Å². The van der Waals surface area contributed by atoms with Crippen LogP contribution >= 0.6 is 0 Å². The van der Waals surface area contributed by atoms with Gasteiger partial charge in [-0.2, -0.15) is 5.10 Å². The van der Waals surface area contributed by atoms with Crippen molar-refractivity contribution in [1.29, 1.82) is 0 Å². The summed E-state index contributed by atoms with van der Waals surface area (Å²) in [5.41, 5.74) is 6.88. The molecule has 1 heterocycles. The maximum Gasteiger partial charge on any atom is 0.0927 e. The molecule has 4 rings (SSSR count). The zero-order valence-electron chi connectivity index (χ0n) is 13.7. The first-order valence-corrected chi connectivity index (χ1v) is 8.39. The largest absolute Gasteiger partial charge is 0.277 e. The van der Waals surface area contributed by atoms with E-state index in [1.165, 1.54) is 11.1 Å². The molecular weight excluding hydrogens is 292 g/mol. The summed E-state index contributed by atoms with van der Waals surface area (Å²) < 4.78 is 0. The molecule has 0 radical (unpaired) electrons. The minimum atomic E-state index is 0.616.